The summed E-state index contributed by atoms with van der Waals surface area (Å²) in [6.45, 7) is 1.64. The second-order valence-corrected chi connectivity index (χ2v) is 5.17. The highest BCUT2D eigenvalue weighted by molar-refractivity contribution is 5.99. The summed E-state index contributed by atoms with van der Waals surface area (Å²) >= 11 is 0. The van der Waals surface area contributed by atoms with Gasteiger partial charge in [-0.15, -0.1) is 5.10 Å². The minimum absolute atomic E-state index is 0.242. The lowest BCUT2D eigenvalue weighted by Gasteiger charge is -2.05. The van der Waals surface area contributed by atoms with E-state index in [1.165, 1.54) is 11.0 Å². The maximum absolute atomic E-state index is 12.0. The van der Waals surface area contributed by atoms with Gasteiger partial charge in [-0.05, 0) is 41.6 Å². The van der Waals surface area contributed by atoms with Gasteiger partial charge in [0.2, 0.25) is 0 Å². The molecular formula is C17H14N4O3. The predicted octanol–water partition coefficient (Wildman–Crippen LogP) is 2.01. The van der Waals surface area contributed by atoms with Gasteiger partial charge in [0.25, 0.3) is 0 Å². The molecule has 1 heterocycles. The number of carbonyl (C=O) groups is 2. The summed E-state index contributed by atoms with van der Waals surface area (Å²) in [7, 11) is 0. The van der Waals surface area contributed by atoms with Crippen LogP contribution < -0.4 is 0 Å². The zero-order valence-corrected chi connectivity index (χ0v) is 12.9. The fraction of sp³-hybridized carbons (Fsp3) is 0.118. The molecule has 0 amide bonds. The first kappa shape index (κ1) is 15.5. The van der Waals surface area contributed by atoms with E-state index in [9.17, 15) is 9.59 Å². The lowest BCUT2D eigenvalue weighted by molar-refractivity contribution is 0.0475. The third-order valence-corrected chi connectivity index (χ3v) is 3.42. The van der Waals surface area contributed by atoms with E-state index < -0.39 is 5.97 Å². The summed E-state index contributed by atoms with van der Waals surface area (Å²) in [6, 6.07) is 13.7. The third-order valence-electron chi connectivity index (χ3n) is 3.42. The van der Waals surface area contributed by atoms with Crippen LogP contribution in [-0.4, -0.2) is 38.6 Å². The Morgan fingerprint density at radius 3 is 2.29 bits per heavy atom. The molecule has 7 heteroatoms. The third kappa shape index (κ3) is 3.52. The van der Waals surface area contributed by atoms with Crippen LogP contribution in [0.4, 0.5) is 0 Å². The normalized spacial score (nSPS) is 10.4. The van der Waals surface area contributed by atoms with Gasteiger partial charge in [-0.25, -0.2) is 9.48 Å². The van der Waals surface area contributed by atoms with Crippen LogP contribution in [0.3, 0.4) is 0 Å². The van der Waals surface area contributed by atoms with Crippen LogP contribution in [0.1, 0.15) is 26.3 Å². The molecule has 0 fully saturated rings. The van der Waals surface area contributed by atoms with Crippen molar-refractivity contribution in [3.8, 4) is 5.69 Å². The van der Waals surface area contributed by atoms with Gasteiger partial charge in [0, 0.05) is 5.56 Å². The number of tetrazole rings is 1. The van der Waals surface area contributed by atoms with Gasteiger partial charge in [0.05, 0.1) is 11.3 Å². The molecule has 3 aromatic rings. The zero-order chi connectivity index (χ0) is 16.9. The summed E-state index contributed by atoms with van der Waals surface area (Å²) in [5, 5.41) is 10.8. The van der Waals surface area contributed by atoms with Crippen molar-refractivity contribution < 1.29 is 14.3 Å². The number of hydrogen-bond donors (Lipinski definition) is 0. The average molecular weight is 322 g/mol. The van der Waals surface area contributed by atoms with Crippen molar-refractivity contribution in [3.05, 3.63) is 71.5 Å². The van der Waals surface area contributed by atoms with Crippen molar-refractivity contribution >= 4 is 11.8 Å². The molecule has 0 bridgehead atoms. The van der Waals surface area contributed by atoms with Gasteiger partial charge in [-0.3, -0.25) is 4.79 Å². The molecule has 0 atom stereocenters. The molecule has 2 aromatic carbocycles. The van der Waals surface area contributed by atoms with Gasteiger partial charge in [-0.2, -0.15) is 0 Å². The first-order valence-corrected chi connectivity index (χ1v) is 7.24. The number of nitrogens with zero attached hydrogens (tertiary/aromatic N) is 4. The molecule has 0 spiro atoms. The fourth-order valence-corrected chi connectivity index (χ4v) is 2.07. The maximum atomic E-state index is 12.0. The van der Waals surface area contributed by atoms with Gasteiger partial charge < -0.3 is 4.74 Å². The highest BCUT2D eigenvalue weighted by Crippen LogP contribution is 2.10. The summed E-state index contributed by atoms with van der Waals surface area (Å²) < 4.78 is 6.54. The maximum Gasteiger partial charge on any atom is 0.338 e. The Hall–Kier alpha value is -3.35. The summed E-state index contributed by atoms with van der Waals surface area (Å²) in [4.78, 5) is 24.0. The molecule has 1 aromatic heterocycles. The number of ketones is 1. The van der Waals surface area contributed by atoms with Crippen LogP contribution in [-0.2, 0) is 4.74 Å². The first-order valence-electron chi connectivity index (χ1n) is 7.24. The molecule has 24 heavy (non-hydrogen) atoms. The van der Waals surface area contributed by atoms with E-state index >= 15 is 0 Å². The second kappa shape index (κ2) is 6.82. The minimum Gasteiger partial charge on any atom is -0.454 e. The highest BCUT2D eigenvalue weighted by atomic mass is 16.5. The number of rotatable bonds is 5. The molecule has 120 valence electrons. The Bertz CT molecular complexity index is 841. The quantitative estimate of drug-likeness (QED) is 0.527. The number of aromatic nitrogens is 4. The number of carbonyl (C=O) groups excluding carboxylic acids is 2. The van der Waals surface area contributed by atoms with Gasteiger partial charge in [-0.1, -0.05) is 29.8 Å². The molecule has 3 rings (SSSR count). The summed E-state index contributed by atoms with van der Waals surface area (Å²) in [5.74, 6) is -0.799. The van der Waals surface area contributed by atoms with E-state index in [0.29, 0.717) is 16.8 Å². The highest BCUT2D eigenvalue weighted by Gasteiger charge is 2.12. The van der Waals surface area contributed by atoms with Crippen molar-refractivity contribution in [2.45, 2.75) is 6.92 Å². The smallest absolute Gasteiger partial charge is 0.338 e. The molecule has 7 nitrogen and oxygen atoms in total. The van der Waals surface area contributed by atoms with E-state index in [1.54, 1.807) is 36.4 Å². The molecule has 0 saturated carbocycles. The van der Waals surface area contributed by atoms with Crippen molar-refractivity contribution in [3.63, 3.8) is 0 Å². The molecule has 0 aliphatic carbocycles. The molecule has 0 aliphatic rings. The molecule has 0 radical (unpaired) electrons. The molecule has 0 N–H and O–H groups in total. The number of Topliss-reactive ketones (excluding diaryl/α,β-unsaturated/α-hetero) is 1. The number of esters is 1. The van der Waals surface area contributed by atoms with E-state index in [1.807, 2.05) is 19.1 Å². The summed E-state index contributed by atoms with van der Waals surface area (Å²) in [6.07, 6.45) is 1.45. The van der Waals surface area contributed by atoms with Crippen LogP contribution >= 0.6 is 0 Å². The molecular weight excluding hydrogens is 308 g/mol. The van der Waals surface area contributed by atoms with Gasteiger partial charge >= 0.3 is 5.97 Å². The van der Waals surface area contributed by atoms with E-state index in [2.05, 4.69) is 15.5 Å². The molecule has 0 saturated heterocycles. The molecule has 0 aliphatic heterocycles. The number of ether oxygens (including phenoxy) is 1. The molecule has 0 unspecified atom stereocenters. The van der Waals surface area contributed by atoms with Crippen molar-refractivity contribution in [1.29, 1.82) is 0 Å². The number of aryl methyl sites for hydroxylation is 1. The van der Waals surface area contributed by atoms with Crippen molar-refractivity contribution in [2.24, 2.45) is 0 Å². The standard InChI is InChI=1S/C17H14N4O3/c1-12-2-4-13(5-3-12)16(22)10-24-17(23)14-6-8-15(9-7-14)21-11-18-19-20-21/h2-9,11H,10H2,1H3. The Morgan fingerprint density at radius 1 is 1.00 bits per heavy atom. The van der Waals surface area contributed by atoms with Crippen molar-refractivity contribution in [1.82, 2.24) is 20.2 Å². The van der Waals surface area contributed by atoms with Crippen LogP contribution in [0.5, 0.6) is 0 Å². The Kier molecular flexibility index (Phi) is 4.42. The Balaban J connectivity index is 1.60. The SMILES string of the molecule is Cc1ccc(C(=O)COC(=O)c2ccc(-n3cnnn3)cc2)cc1. The number of benzene rings is 2. The average Bonchev–Trinajstić information content (AvgIpc) is 3.15. The van der Waals surface area contributed by atoms with Gasteiger partial charge in [0.15, 0.2) is 12.4 Å². The lowest BCUT2D eigenvalue weighted by Crippen LogP contribution is -2.14. The Labute approximate surface area is 137 Å². The zero-order valence-electron chi connectivity index (χ0n) is 12.9. The summed E-state index contributed by atoms with van der Waals surface area (Å²) in [5.41, 5.74) is 2.64. The monoisotopic (exact) mass is 322 g/mol. The first-order chi connectivity index (χ1) is 11.6. The van der Waals surface area contributed by atoms with Crippen LogP contribution in [0.25, 0.3) is 5.69 Å². The van der Waals surface area contributed by atoms with Gasteiger partial charge in [0.1, 0.15) is 6.33 Å². The fourth-order valence-electron chi connectivity index (χ4n) is 2.07. The van der Waals surface area contributed by atoms with Crippen LogP contribution in [0.2, 0.25) is 0 Å². The van der Waals surface area contributed by atoms with Crippen molar-refractivity contribution in [2.75, 3.05) is 6.61 Å². The number of hydrogen-bond acceptors (Lipinski definition) is 6. The van der Waals surface area contributed by atoms with E-state index in [4.69, 9.17) is 4.74 Å². The Morgan fingerprint density at radius 2 is 1.67 bits per heavy atom. The predicted molar refractivity (Wildman–Crippen MR) is 84.9 cm³/mol. The van der Waals surface area contributed by atoms with Crippen LogP contribution in [0.15, 0.2) is 54.9 Å². The van der Waals surface area contributed by atoms with Crippen LogP contribution in [0, 0.1) is 6.92 Å². The van der Waals surface area contributed by atoms with E-state index in [0.717, 1.165) is 5.56 Å². The second-order valence-electron chi connectivity index (χ2n) is 5.17. The van der Waals surface area contributed by atoms with E-state index in [-0.39, 0.29) is 12.4 Å². The lowest BCUT2D eigenvalue weighted by atomic mass is 10.1. The topological polar surface area (TPSA) is 87.0 Å². The minimum atomic E-state index is -0.557. The largest absolute Gasteiger partial charge is 0.454 e.